The first-order chi connectivity index (χ1) is 14.1. The maximum atomic E-state index is 12.9. The molecule has 0 spiro atoms. The van der Waals surface area contributed by atoms with E-state index in [1.165, 1.54) is 24.6 Å². The molecule has 0 bridgehead atoms. The molecule has 0 unspecified atom stereocenters. The van der Waals surface area contributed by atoms with Crippen molar-refractivity contribution >= 4 is 57.1 Å². The average molecular weight is 428 g/mol. The summed E-state index contributed by atoms with van der Waals surface area (Å²) in [5.74, 6) is 0.122. The Morgan fingerprint density at radius 3 is 2.59 bits per heavy atom. The predicted molar refractivity (Wildman–Crippen MR) is 123 cm³/mol. The molecular weight excluding hydrogens is 402 g/mol. The molecule has 5 nitrogen and oxygen atoms in total. The number of nitrogens with zero attached hydrogens (tertiary/aromatic N) is 3. The van der Waals surface area contributed by atoms with E-state index >= 15 is 0 Å². The zero-order chi connectivity index (χ0) is 20.4. The second-order valence-corrected chi connectivity index (χ2v) is 9.13. The number of thioether (sulfide) groups is 1. The van der Waals surface area contributed by atoms with Gasteiger partial charge in [-0.2, -0.15) is 0 Å². The summed E-state index contributed by atoms with van der Waals surface area (Å²) in [6.45, 7) is 4.53. The van der Waals surface area contributed by atoms with Gasteiger partial charge < -0.3 is 9.47 Å². The van der Waals surface area contributed by atoms with Gasteiger partial charge in [-0.3, -0.25) is 14.5 Å². The lowest BCUT2D eigenvalue weighted by atomic mass is 10.1. The molecule has 1 aromatic carbocycles. The maximum absolute atomic E-state index is 12.9. The largest absolute Gasteiger partial charge is 0.341 e. The van der Waals surface area contributed by atoms with Crippen molar-refractivity contribution in [1.29, 1.82) is 0 Å². The van der Waals surface area contributed by atoms with Gasteiger partial charge in [-0.1, -0.05) is 55.0 Å². The number of thiocarbonyl (C=S) groups is 1. The number of benzene rings is 1. The number of para-hydroxylation sites is 1. The molecular formula is C22H25N3O2S2. The van der Waals surface area contributed by atoms with Crippen molar-refractivity contribution in [3.8, 4) is 0 Å². The van der Waals surface area contributed by atoms with Gasteiger partial charge in [-0.25, -0.2) is 0 Å². The summed E-state index contributed by atoms with van der Waals surface area (Å²) in [5, 5.41) is 1.04. The first-order valence-electron chi connectivity index (χ1n) is 10.2. The lowest BCUT2D eigenvalue weighted by molar-refractivity contribution is -0.131. The molecule has 0 radical (unpaired) electrons. The number of rotatable bonds is 4. The molecule has 0 aliphatic carbocycles. The lowest BCUT2D eigenvalue weighted by Crippen LogP contribution is -2.34. The molecule has 3 heterocycles. The van der Waals surface area contributed by atoms with E-state index in [9.17, 15) is 9.59 Å². The molecule has 2 aliphatic rings. The van der Waals surface area contributed by atoms with Gasteiger partial charge in [-0.15, -0.1) is 0 Å². The smallest absolute Gasteiger partial charge is 0.266 e. The van der Waals surface area contributed by atoms with Crippen LogP contribution < -0.4 is 0 Å². The van der Waals surface area contributed by atoms with Crippen molar-refractivity contribution in [3.63, 3.8) is 0 Å². The number of aromatic nitrogens is 1. The molecule has 4 rings (SSSR count). The standard InChI is InChI=1S/C22H25N3O2S2/c1-2-25-21(27)19(29-22(25)28)13-16-14-24(18-10-6-5-9-17(16)18)15-20(26)23-11-7-3-4-8-12-23/h5-6,9-10,13-14H,2-4,7-8,11-12,15H2,1H3/b19-13-. The van der Waals surface area contributed by atoms with Crippen LogP contribution >= 0.6 is 24.0 Å². The molecule has 0 N–H and O–H groups in total. The van der Waals surface area contributed by atoms with Crippen LogP contribution in [0.15, 0.2) is 35.4 Å². The molecule has 2 aromatic rings. The first kappa shape index (κ1) is 20.2. The van der Waals surface area contributed by atoms with Crippen LogP contribution in [0.4, 0.5) is 0 Å². The zero-order valence-corrected chi connectivity index (χ0v) is 18.2. The number of hydrogen-bond donors (Lipinski definition) is 0. The minimum absolute atomic E-state index is 0.0417. The summed E-state index contributed by atoms with van der Waals surface area (Å²) in [7, 11) is 0. The molecule has 2 fully saturated rings. The van der Waals surface area contributed by atoms with E-state index in [1.807, 2.05) is 52.9 Å². The SMILES string of the molecule is CCN1C(=O)/C(=C/c2cn(CC(=O)N3CCCCCC3)c3ccccc23)SC1=S. The number of likely N-dealkylation sites (tertiary alicyclic amines) is 1. The van der Waals surface area contributed by atoms with Crippen LogP contribution in [0.2, 0.25) is 0 Å². The summed E-state index contributed by atoms with van der Waals surface area (Å²) < 4.78 is 2.61. The number of hydrogen-bond acceptors (Lipinski definition) is 4. The Balaban J connectivity index is 1.64. The summed E-state index contributed by atoms with van der Waals surface area (Å²) in [5.41, 5.74) is 1.95. The van der Waals surface area contributed by atoms with E-state index in [-0.39, 0.29) is 11.8 Å². The topological polar surface area (TPSA) is 45.6 Å². The zero-order valence-electron chi connectivity index (χ0n) is 16.6. The molecule has 2 aliphatic heterocycles. The molecule has 152 valence electrons. The van der Waals surface area contributed by atoms with Gasteiger partial charge in [0.25, 0.3) is 5.91 Å². The highest BCUT2D eigenvalue weighted by atomic mass is 32.2. The third-order valence-electron chi connectivity index (χ3n) is 5.56. The second kappa shape index (κ2) is 8.71. The minimum Gasteiger partial charge on any atom is -0.341 e. The van der Waals surface area contributed by atoms with Gasteiger partial charge in [0.2, 0.25) is 5.91 Å². The minimum atomic E-state index is -0.0417. The molecule has 0 saturated carbocycles. The Bertz CT molecular complexity index is 987. The predicted octanol–water partition coefficient (Wildman–Crippen LogP) is 4.27. The number of amides is 2. The fraction of sp³-hybridized carbons (Fsp3) is 0.409. The van der Waals surface area contributed by atoms with E-state index in [1.54, 1.807) is 4.90 Å². The average Bonchev–Trinajstić information content (AvgIpc) is 3.04. The lowest BCUT2D eigenvalue weighted by Gasteiger charge is -2.20. The van der Waals surface area contributed by atoms with Crippen molar-refractivity contribution in [2.24, 2.45) is 0 Å². The van der Waals surface area contributed by atoms with Gasteiger partial charge >= 0.3 is 0 Å². The van der Waals surface area contributed by atoms with Gasteiger partial charge in [-0.05, 0) is 31.9 Å². The van der Waals surface area contributed by atoms with Crippen LogP contribution in [0, 0.1) is 0 Å². The molecule has 2 saturated heterocycles. The number of carbonyl (C=O) groups is 2. The third kappa shape index (κ3) is 4.12. The Kier molecular flexibility index (Phi) is 6.06. The fourth-order valence-corrected chi connectivity index (χ4v) is 5.38. The third-order valence-corrected chi connectivity index (χ3v) is 6.94. The summed E-state index contributed by atoms with van der Waals surface area (Å²) in [4.78, 5) is 29.7. The van der Waals surface area contributed by atoms with Gasteiger partial charge in [0.15, 0.2) is 0 Å². The van der Waals surface area contributed by atoms with Crippen LogP contribution in [0.25, 0.3) is 17.0 Å². The molecule has 7 heteroatoms. The highest BCUT2D eigenvalue weighted by Crippen LogP contribution is 2.34. The van der Waals surface area contributed by atoms with Gasteiger partial charge in [0, 0.05) is 42.3 Å². The summed E-state index contributed by atoms with van der Waals surface area (Å²) in [6.07, 6.45) is 8.47. The number of likely N-dealkylation sites (N-methyl/N-ethyl adjacent to an activating group) is 1. The molecule has 1 aromatic heterocycles. The van der Waals surface area contributed by atoms with Crippen molar-refractivity contribution in [2.45, 2.75) is 39.2 Å². The number of carbonyl (C=O) groups excluding carboxylic acids is 2. The Hall–Kier alpha value is -2.12. The Labute approximate surface area is 180 Å². The van der Waals surface area contributed by atoms with Crippen molar-refractivity contribution in [1.82, 2.24) is 14.4 Å². The maximum Gasteiger partial charge on any atom is 0.266 e. The Morgan fingerprint density at radius 2 is 1.90 bits per heavy atom. The molecule has 2 amide bonds. The van der Waals surface area contributed by atoms with Crippen molar-refractivity contribution in [2.75, 3.05) is 19.6 Å². The quantitative estimate of drug-likeness (QED) is 0.540. The highest BCUT2D eigenvalue weighted by molar-refractivity contribution is 8.26. The van der Waals surface area contributed by atoms with E-state index in [2.05, 4.69) is 0 Å². The van der Waals surface area contributed by atoms with Crippen LogP contribution in [0.5, 0.6) is 0 Å². The van der Waals surface area contributed by atoms with Crippen LogP contribution in [-0.4, -0.2) is 50.1 Å². The Morgan fingerprint density at radius 1 is 1.17 bits per heavy atom. The number of fused-ring (bicyclic) bond motifs is 1. The normalized spacial score (nSPS) is 19.4. The molecule has 29 heavy (non-hydrogen) atoms. The van der Waals surface area contributed by atoms with E-state index in [0.29, 0.717) is 22.3 Å². The second-order valence-electron chi connectivity index (χ2n) is 7.45. The van der Waals surface area contributed by atoms with Crippen LogP contribution in [-0.2, 0) is 16.1 Å². The molecule has 0 atom stereocenters. The van der Waals surface area contributed by atoms with Crippen LogP contribution in [0.3, 0.4) is 0 Å². The van der Waals surface area contributed by atoms with Gasteiger partial charge in [0.1, 0.15) is 10.9 Å². The first-order valence-corrected chi connectivity index (χ1v) is 11.4. The van der Waals surface area contributed by atoms with E-state index in [4.69, 9.17) is 12.2 Å². The fourth-order valence-electron chi connectivity index (χ4n) is 4.00. The van der Waals surface area contributed by atoms with Crippen molar-refractivity contribution in [3.05, 3.63) is 40.9 Å². The van der Waals surface area contributed by atoms with E-state index in [0.717, 1.165) is 42.4 Å². The summed E-state index contributed by atoms with van der Waals surface area (Å²) >= 11 is 6.67. The van der Waals surface area contributed by atoms with Crippen LogP contribution in [0.1, 0.15) is 38.2 Å². The highest BCUT2D eigenvalue weighted by Gasteiger charge is 2.31. The van der Waals surface area contributed by atoms with Gasteiger partial charge in [0.05, 0.1) is 4.91 Å². The monoisotopic (exact) mass is 427 g/mol. The van der Waals surface area contributed by atoms with E-state index < -0.39 is 0 Å². The van der Waals surface area contributed by atoms with Crippen molar-refractivity contribution < 1.29 is 9.59 Å². The summed E-state index contributed by atoms with van der Waals surface area (Å²) in [6, 6.07) is 8.03.